The third-order valence-corrected chi connectivity index (χ3v) is 9.11. The molecular formula is C42H59ClN2O4. The number of halogens is 1. The van der Waals surface area contributed by atoms with Crippen LogP contribution in [0.2, 0.25) is 5.02 Å². The van der Waals surface area contributed by atoms with Crippen LogP contribution < -0.4 is 0 Å². The van der Waals surface area contributed by atoms with Gasteiger partial charge in [0, 0.05) is 55.5 Å². The van der Waals surface area contributed by atoms with Crippen molar-refractivity contribution < 1.29 is 19.1 Å². The van der Waals surface area contributed by atoms with Crippen LogP contribution in [-0.2, 0) is 14.3 Å². The molecule has 7 heteroatoms. The molecule has 1 aliphatic heterocycles. The molecule has 0 saturated carbocycles. The molecule has 1 aromatic rings. The van der Waals surface area contributed by atoms with Gasteiger partial charge in [-0.05, 0) is 117 Å². The van der Waals surface area contributed by atoms with E-state index in [1.165, 1.54) is 0 Å². The van der Waals surface area contributed by atoms with Crippen LogP contribution in [0, 0.1) is 12.8 Å². The van der Waals surface area contributed by atoms with Crippen molar-refractivity contribution in [1.82, 2.24) is 4.90 Å². The second kappa shape index (κ2) is 19.1. The number of aryl methyl sites for hydroxylation is 1. The number of nitrogens with zero attached hydrogens (tertiary/aromatic N) is 2. The monoisotopic (exact) mass is 690 g/mol. The Morgan fingerprint density at radius 2 is 1.82 bits per heavy atom. The summed E-state index contributed by atoms with van der Waals surface area (Å²) >= 11 is 6.40. The first-order valence-corrected chi connectivity index (χ1v) is 17.7. The Kier molecular flexibility index (Phi) is 16.2. The van der Waals surface area contributed by atoms with Crippen LogP contribution in [0.25, 0.3) is 0 Å². The second-order valence-electron chi connectivity index (χ2n) is 14.3. The van der Waals surface area contributed by atoms with Crippen molar-refractivity contribution in [3.8, 4) is 0 Å². The van der Waals surface area contributed by atoms with Gasteiger partial charge < -0.3 is 14.4 Å². The van der Waals surface area contributed by atoms with E-state index in [9.17, 15) is 9.59 Å². The highest BCUT2D eigenvalue weighted by Gasteiger charge is 2.30. The van der Waals surface area contributed by atoms with Gasteiger partial charge in [0.15, 0.2) is 5.78 Å². The minimum atomic E-state index is -0.672. The number of Topliss-reactive ketones (excluding diaryl/α,β-unsaturated/α-hetero) is 1. The fraction of sp³-hybridized carbons (Fsp3) is 0.500. The van der Waals surface area contributed by atoms with Crippen LogP contribution in [0.1, 0.15) is 105 Å². The molecule has 0 fully saturated rings. The zero-order chi connectivity index (χ0) is 37.1. The quantitative estimate of drug-likeness (QED) is 0.114. The van der Waals surface area contributed by atoms with Crippen LogP contribution in [0.4, 0.5) is 4.79 Å². The lowest BCUT2D eigenvalue weighted by molar-refractivity contribution is -0.113. The number of benzene rings is 1. The number of ether oxygens (including phenoxy) is 2. The van der Waals surface area contributed by atoms with Gasteiger partial charge in [0.1, 0.15) is 5.60 Å². The fourth-order valence-corrected chi connectivity index (χ4v) is 6.28. The van der Waals surface area contributed by atoms with E-state index < -0.39 is 5.60 Å². The summed E-state index contributed by atoms with van der Waals surface area (Å²) in [6.45, 7) is 31.9. The molecule has 1 amide bonds. The van der Waals surface area contributed by atoms with Gasteiger partial charge in [0.2, 0.25) is 0 Å². The topological polar surface area (TPSA) is 68.2 Å². The van der Waals surface area contributed by atoms with Crippen molar-refractivity contribution >= 4 is 29.2 Å². The predicted molar refractivity (Wildman–Crippen MR) is 207 cm³/mol. The number of aliphatic imine (C=N–C) groups is 1. The molecule has 0 bridgehead atoms. The summed E-state index contributed by atoms with van der Waals surface area (Å²) in [7, 11) is 1.69. The van der Waals surface area contributed by atoms with Crippen LogP contribution >= 0.6 is 11.6 Å². The maximum absolute atomic E-state index is 13.5. The molecule has 1 heterocycles. The van der Waals surface area contributed by atoms with Gasteiger partial charge in [-0.15, -0.1) is 0 Å². The van der Waals surface area contributed by atoms with Gasteiger partial charge in [-0.1, -0.05) is 76.7 Å². The number of amides is 1. The highest BCUT2D eigenvalue weighted by molar-refractivity contribution is 6.30. The molecule has 2 rings (SSSR count). The lowest BCUT2D eigenvalue weighted by atomic mass is 9.83. The molecular weight excluding hydrogens is 632 g/mol. The van der Waals surface area contributed by atoms with Crippen LogP contribution in [0.15, 0.2) is 94.7 Å². The summed E-state index contributed by atoms with van der Waals surface area (Å²) in [6.07, 6.45) is 8.49. The molecule has 0 spiro atoms. The van der Waals surface area contributed by atoms with Gasteiger partial charge in [0.05, 0.1) is 6.10 Å². The van der Waals surface area contributed by atoms with Gasteiger partial charge in [-0.3, -0.25) is 9.79 Å². The molecule has 49 heavy (non-hydrogen) atoms. The van der Waals surface area contributed by atoms with E-state index in [0.717, 1.165) is 51.1 Å². The number of ketones is 1. The summed E-state index contributed by atoms with van der Waals surface area (Å²) in [5.74, 6) is 0.203. The van der Waals surface area contributed by atoms with E-state index in [4.69, 9.17) is 26.1 Å². The summed E-state index contributed by atoms with van der Waals surface area (Å²) in [4.78, 5) is 32.5. The Hall–Kier alpha value is -3.48. The van der Waals surface area contributed by atoms with E-state index in [1.54, 1.807) is 25.1 Å². The Balaban J connectivity index is 2.48. The Morgan fingerprint density at radius 1 is 1.14 bits per heavy atom. The highest BCUT2D eigenvalue weighted by atomic mass is 35.5. The number of allylic oxidation sites excluding steroid dienone is 7. The van der Waals surface area contributed by atoms with Crippen molar-refractivity contribution in [2.75, 3.05) is 20.2 Å². The average Bonchev–Trinajstić information content (AvgIpc) is 3.14. The molecule has 0 N–H and O–H groups in total. The molecule has 1 aromatic carbocycles. The van der Waals surface area contributed by atoms with Crippen molar-refractivity contribution in [3.63, 3.8) is 0 Å². The Labute approximate surface area is 301 Å². The maximum Gasteiger partial charge on any atom is 0.410 e. The second-order valence-corrected chi connectivity index (χ2v) is 14.8. The number of hydrogen-bond donors (Lipinski definition) is 0. The summed E-state index contributed by atoms with van der Waals surface area (Å²) < 4.78 is 11.6. The van der Waals surface area contributed by atoms with Crippen LogP contribution in [0.5, 0.6) is 0 Å². The molecule has 0 saturated heterocycles. The Morgan fingerprint density at radius 3 is 2.41 bits per heavy atom. The fourth-order valence-electron chi connectivity index (χ4n) is 6.10. The lowest BCUT2D eigenvalue weighted by Gasteiger charge is -2.32. The molecule has 6 nitrogen and oxygen atoms in total. The maximum atomic E-state index is 13.5. The van der Waals surface area contributed by atoms with E-state index in [2.05, 4.69) is 60.4 Å². The first-order valence-electron chi connectivity index (χ1n) is 17.4. The molecule has 2 unspecified atom stereocenters. The van der Waals surface area contributed by atoms with E-state index in [1.807, 2.05) is 45.0 Å². The van der Waals surface area contributed by atoms with Crippen molar-refractivity contribution in [1.29, 1.82) is 0 Å². The SMILES string of the molecule is C=C(CCN(CC(C)C)C(=O)OC(C)(C)CC(CC)OC)CC1=C(/C(=C\C(C)c2cc(Cl)ccc2C)CC(=C)C(C)=O)C(C)=NC=CC1=C. The van der Waals surface area contributed by atoms with Gasteiger partial charge in [-0.2, -0.15) is 0 Å². The van der Waals surface area contributed by atoms with E-state index in [-0.39, 0.29) is 29.8 Å². The van der Waals surface area contributed by atoms with Crippen molar-refractivity contribution in [3.05, 3.63) is 106 Å². The number of hydrogen-bond acceptors (Lipinski definition) is 5. The molecule has 2 atom stereocenters. The number of methoxy groups -OCH3 is 1. The van der Waals surface area contributed by atoms with Gasteiger partial charge in [0.25, 0.3) is 0 Å². The standard InChI is InChI=1S/C42H59ClN2O4/c1-14-37(48-13)25-42(11,12)49-41(47)45(26-27(2)3)20-18-28(4)21-39-30(6)17-19-44-33(9)40(39)35(22-31(7)34(10)46)23-32(8)38-24-36(43)16-15-29(38)5/h15-17,19,23-24,27,32,37H,4,6-7,14,18,20-22,25-26H2,1-3,5,8-13H3/b35-23-. The number of carbonyl (C=O) groups excluding carboxylic acids is 2. The molecule has 0 aromatic heterocycles. The van der Waals surface area contributed by atoms with E-state index >= 15 is 0 Å². The molecule has 0 aliphatic carbocycles. The smallest absolute Gasteiger partial charge is 0.410 e. The molecule has 0 radical (unpaired) electrons. The lowest BCUT2D eigenvalue weighted by Crippen LogP contribution is -2.42. The largest absolute Gasteiger partial charge is 0.443 e. The van der Waals surface area contributed by atoms with Crippen LogP contribution in [-0.4, -0.2) is 54.4 Å². The molecule has 268 valence electrons. The third kappa shape index (κ3) is 13.1. The van der Waals surface area contributed by atoms with E-state index in [0.29, 0.717) is 49.4 Å². The normalized spacial score (nSPS) is 15.1. The minimum Gasteiger partial charge on any atom is -0.443 e. The van der Waals surface area contributed by atoms with Crippen molar-refractivity contribution in [2.45, 2.75) is 112 Å². The predicted octanol–water partition coefficient (Wildman–Crippen LogP) is 11.1. The molecule has 1 aliphatic rings. The zero-order valence-corrected chi connectivity index (χ0v) is 32.4. The third-order valence-electron chi connectivity index (χ3n) is 8.88. The minimum absolute atomic E-state index is 0.000892. The van der Waals surface area contributed by atoms with Crippen molar-refractivity contribution in [2.24, 2.45) is 10.9 Å². The first-order chi connectivity index (χ1) is 22.9. The summed E-state index contributed by atoms with van der Waals surface area (Å²) in [6, 6.07) is 5.91. The number of rotatable bonds is 18. The highest BCUT2D eigenvalue weighted by Crippen LogP contribution is 2.36. The average molecular weight is 691 g/mol. The Bertz CT molecular complexity index is 1520. The zero-order valence-electron chi connectivity index (χ0n) is 31.7. The first kappa shape index (κ1) is 41.7. The van der Waals surface area contributed by atoms with Gasteiger partial charge in [-0.25, -0.2) is 4.79 Å². The summed E-state index contributed by atoms with van der Waals surface area (Å²) in [5.41, 5.74) is 7.57. The van der Waals surface area contributed by atoms with Gasteiger partial charge >= 0.3 is 6.09 Å². The number of carbonyl (C=O) groups is 2. The summed E-state index contributed by atoms with van der Waals surface area (Å²) in [5, 5.41) is 0.677. The van der Waals surface area contributed by atoms with Crippen LogP contribution in [0.3, 0.4) is 0 Å².